The van der Waals surface area contributed by atoms with E-state index >= 15 is 0 Å². The Morgan fingerprint density at radius 1 is 1.02 bits per heavy atom. The van der Waals surface area contributed by atoms with E-state index in [1.165, 1.54) is 18.3 Å². The minimum Gasteiger partial charge on any atom is -0.413 e. The zero-order valence-corrected chi connectivity index (χ0v) is 25.3. The predicted octanol–water partition coefficient (Wildman–Crippen LogP) is 6.95. The molecule has 1 saturated carbocycles. The zero-order valence-electron chi connectivity index (χ0n) is 25.3. The van der Waals surface area contributed by atoms with E-state index in [-0.39, 0.29) is 23.7 Å². The molecule has 0 aliphatic heterocycles. The van der Waals surface area contributed by atoms with Crippen LogP contribution >= 0.6 is 0 Å². The Bertz CT molecular complexity index is 1940. The number of carbonyl (C=O) groups excluding carboxylic acids is 2. The first kappa shape index (κ1) is 32.0. The summed E-state index contributed by atoms with van der Waals surface area (Å²) in [6.45, 7) is 1.81. The molecule has 6 rings (SSSR count). The van der Waals surface area contributed by atoms with Crippen molar-refractivity contribution in [2.45, 2.75) is 57.4 Å². The van der Waals surface area contributed by atoms with Crippen LogP contribution in [-0.4, -0.2) is 47.6 Å². The highest BCUT2D eigenvalue weighted by Gasteiger charge is 2.38. The molecule has 9 nitrogen and oxygen atoms in total. The second-order valence-corrected chi connectivity index (χ2v) is 11.7. The van der Waals surface area contributed by atoms with Crippen LogP contribution in [0.2, 0.25) is 0 Å². The summed E-state index contributed by atoms with van der Waals surface area (Å²) in [6.07, 6.45) is 0.881. The number of alkyl halides is 3. The van der Waals surface area contributed by atoms with Gasteiger partial charge in [0, 0.05) is 35.6 Å². The van der Waals surface area contributed by atoms with Crippen molar-refractivity contribution in [2.24, 2.45) is 5.92 Å². The molecule has 3 aromatic heterocycles. The van der Waals surface area contributed by atoms with E-state index in [1.54, 1.807) is 60.7 Å². The number of aliphatic hydroxyl groups excluding tert-OH is 2. The summed E-state index contributed by atoms with van der Waals surface area (Å²) >= 11 is 0. The number of hydrogen-bond donors (Lipinski definition) is 2. The van der Waals surface area contributed by atoms with Crippen molar-refractivity contribution in [3.63, 3.8) is 0 Å². The van der Waals surface area contributed by atoms with Crippen LogP contribution in [0.25, 0.3) is 28.9 Å². The molecule has 1 fully saturated rings. The number of benzene rings is 2. The number of carbonyl (C=O) groups is 2. The highest BCUT2D eigenvalue weighted by atomic mass is 19.4. The third-order valence-electron chi connectivity index (χ3n) is 8.51. The second-order valence-electron chi connectivity index (χ2n) is 11.7. The van der Waals surface area contributed by atoms with Crippen molar-refractivity contribution in [1.82, 2.24) is 19.7 Å². The Hall–Kier alpha value is -4.94. The monoisotopic (exact) mass is 644 g/mol. The minimum atomic E-state index is -4.77. The molecule has 1 unspecified atom stereocenters. The SMILES string of the molecule is Cc1c(C(=O)CC2CCC(O)CC2)c2ncc(/C=C/c3nnc(C(F)(F)F)o3)cc2n1-c1ccc(C(O)C(=O)c2ccccc2)cc1. The van der Waals surface area contributed by atoms with E-state index in [0.717, 1.165) is 12.8 Å². The average Bonchev–Trinajstić information content (AvgIpc) is 3.67. The Kier molecular flexibility index (Phi) is 8.89. The van der Waals surface area contributed by atoms with Gasteiger partial charge in [-0.15, -0.1) is 10.2 Å². The van der Waals surface area contributed by atoms with Crippen LogP contribution in [0.15, 0.2) is 71.3 Å². The smallest absolute Gasteiger partial charge is 0.413 e. The quantitative estimate of drug-likeness (QED) is 0.165. The fourth-order valence-corrected chi connectivity index (χ4v) is 6.07. The summed E-state index contributed by atoms with van der Waals surface area (Å²) in [5.41, 5.74) is 4.05. The van der Waals surface area contributed by atoms with Gasteiger partial charge in [0.15, 0.2) is 11.6 Å². The molecule has 1 aliphatic rings. The number of pyridine rings is 1. The molecule has 1 atom stereocenters. The molecule has 242 valence electrons. The first-order valence-corrected chi connectivity index (χ1v) is 15.2. The summed E-state index contributed by atoms with van der Waals surface area (Å²) < 4.78 is 45.2. The van der Waals surface area contributed by atoms with Gasteiger partial charge in [0.05, 0.1) is 22.7 Å². The molecular weight excluding hydrogens is 613 g/mol. The maximum absolute atomic E-state index is 13.8. The number of halogens is 3. The molecular formula is C35H31F3N4O5. The average molecular weight is 645 g/mol. The van der Waals surface area contributed by atoms with Crippen molar-refractivity contribution in [2.75, 3.05) is 0 Å². The molecule has 1 aliphatic carbocycles. The number of ketones is 2. The van der Waals surface area contributed by atoms with Crippen LogP contribution in [0, 0.1) is 12.8 Å². The third-order valence-corrected chi connectivity index (χ3v) is 8.51. The van der Waals surface area contributed by atoms with Gasteiger partial charge in [-0.3, -0.25) is 14.6 Å². The molecule has 2 aromatic carbocycles. The molecule has 12 heteroatoms. The summed E-state index contributed by atoms with van der Waals surface area (Å²) in [5.74, 6) is -2.16. The molecule has 47 heavy (non-hydrogen) atoms. The Morgan fingerprint density at radius 3 is 2.38 bits per heavy atom. The lowest BCUT2D eigenvalue weighted by atomic mass is 9.83. The highest BCUT2D eigenvalue weighted by molar-refractivity contribution is 6.09. The molecule has 3 heterocycles. The summed E-state index contributed by atoms with van der Waals surface area (Å²) in [7, 11) is 0. The number of aliphatic hydroxyl groups is 2. The lowest BCUT2D eigenvalue weighted by Gasteiger charge is -2.24. The number of rotatable bonds is 9. The third kappa shape index (κ3) is 6.79. The number of hydrogen-bond acceptors (Lipinski definition) is 8. The summed E-state index contributed by atoms with van der Waals surface area (Å²) in [4.78, 5) is 31.2. The van der Waals surface area contributed by atoms with Crippen LogP contribution in [0.1, 0.15) is 87.5 Å². The molecule has 5 aromatic rings. The van der Waals surface area contributed by atoms with Crippen LogP contribution in [0.3, 0.4) is 0 Å². The van der Waals surface area contributed by atoms with Crippen LogP contribution in [0.5, 0.6) is 0 Å². The fraction of sp³-hybridized carbons (Fsp3) is 0.286. The molecule has 0 amide bonds. The number of aromatic nitrogens is 4. The lowest BCUT2D eigenvalue weighted by Crippen LogP contribution is -2.20. The van der Waals surface area contributed by atoms with Crippen molar-refractivity contribution in [3.8, 4) is 5.69 Å². The van der Waals surface area contributed by atoms with Gasteiger partial charge in [-0.1, -0.05) is 42.5 Å². The van der Waals surface area contributed by atoms with Crippen molar-refractivity contribution in [1.29, 1.82) is 0 Å². The van der Waals surface area contributed by atoms with Crippen molar-refractivity contribution >= 4 is 34.8 Å². The Balaban J connectivity index is 1.36. The van der Waals surface area contributed by atoms with Gasteiger partial charge in [0.1, 0.15) is 6.10 Å². The largest absolute Gasteiger partial charge is 0.470 e. The van der Waals surface area contributed by atoms with Crippen LogP contribution in [-0.2, 0) is 6.18 Å². The molecule has 2 N–H and O–H groups in total. The highest BCUT2D eigenvalue weighted by Crippen LogP contribution is 2.34. The van der Waals surface area contributed by atoms with Crippen molar-refractivity contribution < 1.29 is 37.4 Å². The zero-order chi connectivity index (χ0) is 33.3. The van der Waals surface area contributed by atoms with Gasteiger partial charge in [-0.25, -0.2) is 0 Å². The van der Waals surface area contributed by atoms with Gasteiger partial charge in [-0.2, -0.15) is 13.2 Å². The number of Topliss-reactive ketones (excluding diaryl/α,β-unsaturated/α-hetero) is 2. The van der Waals surface area contributed by atoms with Gasteiger partial charge >= 0.3 is 12.1 Å². The summed E-state index contributed by atoms with van der Waals surface area (Å²) in [6, 6.07) is 17.0. The van der Waals surface area contributed by atoms with E-state index in [0.29, 0.717) is 63.9 Å². The second kappa shape index (κ2) is 13.0. The molecule has 0 spiro atoms. The fourth-order valence-electron chi connectivity index (χ4n) is 6.07. The molecule has 0 saturated heterocycles. The standard InChI is InChI=1S/C35H31F3N4O5/c1-20-30(28(44)18-21-7-14-26(43)15-8-21)31-27(17-22(19-39-31)9-16-29-40-41-34(47-29)35(36,37)38)42(20)25-12-10-24(11-13-25)33(46)32(45)23-5-3-2-4-6-23/h2-6,9-13,16-17,19,21,26,33,43,46H,7-8,14-15,18H2,1H3/b16-9+. The van der Waals surface area contributed by atoms with Crippen LogP contribution < -0.4 is 0 Å². The maximum Gasteiger partial charge on any atom is 0.470 e. The van der Waals surface area contributed by atoms with Gasteiger partial charge in [0.25, 0.3) is 0 Å². The first-order chi connectivity index (χ1) is 22.5. The van der Waals surface area contributed by atoms with E-state index in [4.69, 9.17) is 4.42 Å². The Morgan fingerprint density at radius 2 is 1.72 bits per heavy atom. The normalized spacial score (nSPS) is 17.7. The van der Waals surface area contributed by atoms with Crippen LogP contribution in [0.4, 0.5) is 13.2 Å². The van der Waals surface area contributed by atoms with Crippen molar-refractivity contribution in [3.05, 3.63) is 107 Å². The van der Waals surface area contributed by atoms with Gasteiger partial charge in [0.2, 0.25) is 5.89 Å². The van der Waals surface area contributed by atoms with E-state index < -0.39 is 24.0 Å². The van der Waals surface area contributed by atoms with E-state index in [2.05, 4.69) is 15.2 Å². The predicted molar refractivity (Wildman–Crippen MR) is 167 cm³/mol. The number of nitrogens with zero attached hydrogens (tertiary/aromatic N) is 4. The lowest BCUT2D eigenvalue weighted by molar-refractivity contribution is -0.157. The van der Waals surface area contributed by atoms with E-state index in [1.807, 2.05) is 11.5 Å². The van der Waals surface area contributed by atoms with E-state index in [9.17, 15) is 33.0 Å². The molecule has 0 radical (unpaired) electrons. The minimum absolute atomic E-state index is 0.0746. The van der Waals surface area contributed by atoms with Gasteiger partial charge in [-0.05, 0) is 73.9 Å². The van der Waals surface area contributed by atoms with Gasteiger partial charge < -0.3 is 19.2 Å². The maximum atomic E-state index is 13.8. The summed E-state index contributed by atoms with van der Waals surface area (Å²) in [5, 5.41) is 27.2. The number of fused-ring (bicyclic) bond motifs is 1. The first-order valence-electron chi connectivity index (χ1n) is 15.2. The Labute approximate surface area is 267 Å². The topological polar surface area (TPSA) is 131 Å². The molecule has 0 bridgehead atoms.